The van der Waals surface area contributed by atoms with E-state index in [-0.39, 0.29) is 11.9 Å². The molecule has 7 rings (SSSR count). The summed E-state index contributed by atoms with van der Waals surface area (Å²) in [4.78, 5) is 18.2. The van der Waals surface area contributed by atoms with E-state index in [9.17, 15) is 0 Å². The topological polar surface area (TPSA) is 187 Å². The molecule has 2 aliphatic rings. The van der Waals surface area contributed by atoms with Crippen molar-refractivity contribution in [2.24, 2.45) is 31.4 Å². The molecule has 2 unspecified atom stereocenters. The van der Waals surface area contributed by atoms with E-state index in [1.165, 1.54) is 0 Å². The number of rotatable bonds is 12. The van der Waals surface area contributed by atoms with Crippen LogP contribution in [-0.2, 0) is 13.2 Å². The van der Waals surface area contributed by atoms with E-state index in [1.54, 1.807) is 14.2 Å². The van der Waals surface area contributed by atoms with Crippen molar-refractivity contribution >= 4 is 35.2 Å². The van der Waals surface area contributed by atoms with Gasteiger partial charge in [0.2, 0.25) is 11.9 Å². The molecule has 5 aromatic carbocycles. The first-order valence-electron chi connectivity index (χ1n) is 17.1. The number of nitrogens with two attached hydrogens (primary N) is 2. The van der Waals surface area contributed by atoms with Gasteiger partial charge in [-0.2, -0.15) is 0 Å². The summed E-state index contributed by atoms with van der Waals surface area (Å²) in [5.41, 5.74) is 17.6. The molecule has 2 aliphatic heterocycles. The summed E-state index contributed by atoms with van der Waals surface area (Å²) >= 11 is 0. The van der Waals surface area contributed by atoms with E-state index in [2.05, 4.69) is 41.2 Å². The maximum Gasteiger partial charge on any atom is 0.205 e. The van der Waals surface area contributed by atoms with Crippen molar-refractivity contribution in [2.75, 3.05) is 24.9 Å². The number of nitrogens with one attached hydrogen (secondary N) is 4. The van der Waals surface area contributed by atoms with Gasteiger partial charge in [-0.05, 0) is 95.1 Å². The summed E-state index contributed by atoms with van der Waals surface area (Å²) in [6.07, 6.45) is -0.985. The number of nitrogens with zero attached hydrogens (tertiary/aromatic N) is 4. The van der Waals surface area contributed by atoms with Gasteiger partial charge in [0, 0.05) is 11.4 Å². The highest BCUT2D eigenvalue weighted by atomic mass is 16.5. The fraction of sp³-hybridized carbons (Fsp3) is 0.150. The summed E-state index contributed by atoms with van der Waals surface area (Å²) in [7, 11) is 3.26. The molecule has 5 aromatic rings. The normalized spacial score (nSPS) is 16.3. The van der Waals surface area contributed by atoms with Crippen LogP contribution in [0, 0.1) is 0 Å². The Morgan fingerprint density at radius 3 is 1.19 bits per heavy atom. The molecule has 2 atom stereocenters. The van der Waals surface area contributed by atoms with E-state index in [0.29, 0.717) is 25.1 Å². The van der Waals surface area contributed by atoms with Crippen molar-refractivity contribution in [3.05, 3.63) is 144 Å². The fourth-order valence-electron chi connectivity index (χ4n) is 5.52. The second-order valence-electron chi connectivity index (χ2n) is 12.2. The van der Waals surface area contributed by atoms with Gasteiger partial charge < -0.3 is 41.0 Å². The Hall–Kier alpha value is -7.22. The molecule has 14 nitrogen and oxygen atoms in total. The smallest absolute Gasteiger partial charge is 0.205 e. The average Bonchev–Trinajstić information content (AvgIpc) is 3.20. The van der Waals surface area contributed by atoms with Crippen LogP contribution in [0.25, 0.3) is 0 Å². The molecule has 0 aromatic heterocycles. The zero-order valence-electron chi connectivity index (χ0n) is 29.7. The molecule has 0 spiro atoms. The number of methoxy groups -OCH3 is 2. The third-order valence-electron chi connectivity index (χ3n) is 8.41. The third-order valence-corrected chi connectivity index (χ3v) is 8.41. The van der Waals surface area contributed by atoms with Crippen molar-refractivity contribution in [2.45, 2.75) is 25.5 Å². The SMILES string of the molecule is COc1ccc(NC2=NC(c3ccc(OCc4ccc(COc5ccc(C6N=C(N)NC(Nc7ccc(OC)cc7)=N6)cc5)cc4)cc3)N=C(N)N2)cc1. The van der Waals surface area contributed by atoms with Gasteiger partial charge in [0.1, 0.15) is 36.2 Å². The van der Waals surface area contributed by atoms with Crippen LogP contribution in [-0.4, -0.2) is 38.1 Å². The van der Waals surface area contributed by atoms with Crippen molar-refractivity contribution in [1.29, 1.82) is 0 Å². The first-order valence-corrected chi connectivity index (χ1v) is 17.1. The van der Waals surface area contributed by atoms with E-state index >= 15 is 0 Å². The van der Waals surface area contributed by atoms with Gasteiger partial charge in [0.25, 0.3) is 0 Å². The summed E-state index contributed by atoms with van der Waals surface area (Å²) in [5, 5.41) is 12.4. The Kier molecular flexibility index (Phi) is 10.7. The van der Waals surface area contributed by atoms with Crippen LogP contribution in [0.15, 0.2) is 141 Å². The van der Waals surface area contributed by atoms with Gasteiger partial charge in [-0.1, -0.05) is 48.5 Å². The van der Waals surface area contributed by atoms with Gasteiger partial charge in [-0.25, -0.2) is 20.0 Å². The van der Waals surface area contributed by atoms with Crippen LogP contribution in [0.3, 0.4) is 0 Å². The number of anilines is 2. The zero-order valence-corrected chi connectivity index (χ0v) is 29.7. The number of ether oxygens (including phenoxy) is 4. The maximum absolute atomic E-state index is 6.06. The van der Waals surface area contributed by atoms with E-state index in [1.807, 2.05) is 121 Å². The lowest BCUT2D eigenvalue weighted by atomic mass is 10.1. The molecule has 0 fully saturated rings. The van der Waals surface area contributed by atoms with Gasteiger partial charge in [-0.15, -0.1) is 0 Å². The summed E-state index contributed by atoms with van der Waals surface area (Å²) in [6, 6.07) is 38.5. The highest BCUT2D eigenvalue weighted by Crippen LogP contribution is 2.26. The van der Waals surface area contributed by atoms with Crippen molar-refractivity contribution < 1.29 is 18.9 Å². The van der Waals surface area contributed by atoms with E-state index in [0.717, 1.165) is 56.6 Å². The number of aliphatic imine (C=N–C) groups is 4. The largest absolute Gasteiger partial charge is 0.497 e. The number of hydrogen-bond donors (Lipinski definition) is 6. The zero-order chi connectivity index (χ0) is 37.3. The molecule has 0 saturated carbocycles. The molecule has 0 bridgehead atoms. The highest BCUT2D eigenvalue weighted by Gasteiger charge is 2.19. The predicted molar refractivity (Wildman–Crippen MR) is 211 cm³/mol. The van der Waals surface area contributed by atoms with Crippen molar-refractivity contribution in [3.8, 4) is 23.0 Å². The number of benzene rings is 5. The molecule has 8 N–H and O–H groups in total. The molecule has 54 heavy (non-hydrogen) atoms. The van der Waals surface area contributed by atoms with Crippen LogP contribution >= 0.6 is 0 Å². The molecular formula is C40H40N10O4. The molecule has 274 valence electrons. The van der Waals surface area contributed by atoms with Crippen LogP contribution in [0.1, 0.15) is 34.6 Å². The molecule has 0 saturated heterocycles. The second-order valence-corrected chi connectivity index (χ2v) is 12.2. The molecule has 0 radical (unpaired) electrons. The van der Waals surface area contributed by atoms with Crippen LogP contribution in [0.4, 0.5) is 11.4 Å². The third kappa shape index (κ3) is 9.16. The number of guanidine groups is 4. The molecule has 2 heterocycles. The van der Waals surface area contributed by atoms with Gasteiger partial charge in [-0.3, -0.25) is 10.6 Å². The Balaban J connectivity index is 0.881. The monoisotopic (exact) mass is 724 g/mol. The van der Waals surface area contributed by atoms with Crippen LogP contribution < -0.4 is 51.7 Å². The first kappa shape index (κ1) is 35.2. The van der Waals surface area contributed by atoms with E-state index < -0.39 is 12.3 Å². The highest BCUT2D eigenvalue weighted by molar-refractivity contribution is 6.06. The lowest BCUT2D eigenvalue weighted by Crippen LogP contribution is -2.43. The summed E-state index contributed by atoms with van der Waals surface area (Å²) in [6.45, 7) is 0.829. The average molecular weight is 725 g/mol. The Labute approximate surface area is 312 Å². The van der Waals surface area contributed by atoms with Crippen molar-refractivity contribution in [1.82, 2.24) is 10.6 Å². The Bertz CT molecular complexity index is 2000. The number of hydrogen-bond acceptors (Lipinski definition) is 14. The maximum atomic E-state index is 6.06. The second kappa shape index (κ2) is 16.4. The van der Waals surface area contributed by atoms with Crippen LogP contribution in [0.5, 0.6) is 23.0 Å². The first-order chi connectivity index (χ1) is 26.4. The standard InChI is InChI=1S/C40H40N10O4/c1-51-31-19-11-29(12-20-31)43-39-47-35(45-37(41)49-39)27-7-15-33(16-8-27)53-23-25-3-5-26(6-4-25)24-54-34-17-9-28(10-18-34)36-46-38(42)50-40(48-36)44-30-13-21-32(52-2)22-14-30/h3-22,35-36H,23-24H2,1-2H3,(H4,41,43,45,47,49)(H4,42,44,46,48,50). The van der Waals surface area contributed by atoms with E-state index in [4.69, 9.17) is 30.4 Å². The van der Waals surface area contributed by atoms with Crippen LogP contribution in [0.2, 0.25) is 0 Å². The lowest BCUT2D eigenvalue weighted by Gasteiger charge is -2.20. The minimum atomic E-state index is -0.493. The quantitative estimate of drug-likeness (QED) is 0.0942. The van der Waals surface area contributed by atoms with Gasteiger partial charge in [0.05, 0.1) is 14.2 Å². The summed E-state index contributed by atoms with van der Waals surface area (Å²) < 4.78 is 22.6. The minimum absolute atomic E-state index is 0.274. The lowest BCUT2D eigenvalue weighted by molar-refractivity contribution is 0.302. The van der Waals surface area contributed by atoms with Gasteiger partial charge >= 0.3 is 0 Å². The molecule has 0 aliphatic carbocycles. The fourth-order valence-corrected chi connectivity index (χ4v) is 5.52. The van der Waals surface area contributed by atoms with Crippen molar-refractivity contribution in [3.63, 3.8) is 0 Å². The molecule has 14 heteroatoms. The molecular weight excluding hydrogens is 685 g/mol. The Morgan fingerprint density at radius 1 is 0.481 bits per heavy atom. The predicted octanol–water partition coefficient (Wildman–Crippen LogP) is 5.63. The minimum Gasteiger partial charge on any atom is -0.497 e. The molecule has 0 amide bonds. The Morgan fingerprint density at radius 2 is 0.833 bits per heavy atom. The van der Waals surface area contributed by atoms with Gasteiger partial charge in [0.15, 0.2) is 24.3 Å². The summed E-state index contributed by atoms with van der Waals surface area (Å²) in [5.74, 6) is 4.55.